The Labute approximate surface area is 168 Å². The molecule has 7 heteroatoms. The molecule has 0 aliphatic heterocycles. The van der Waals surface area contributed by atoms with Gasteiger partial charge in [-0.05, 0) is 75.3 Å². The van der Waals surface area contributed by atoms with Gasteiger partial charge in [0.15, 0.2) is 5.16 Å². The molecule has 6 nitrogen and oxygen atoms in total. The number of nitrogens with zero attached hydrogens (tertiary/aromatic N) is 1. The third kappa shape index (κ3) is 3.41. The molecule has 148 valence electrons. The van der Waals surface area contributed by atoms with Crippen molar-refractivity contribution in [2.24, 2.45) is 17.8 Å². The zero-order valence-corrected chi connectivity index (χ0v) is 16.8. The second-order valence-corrected chi connectivity index (χ2v) is 10.3. The molecule has 6 rings (SSSR count). The van der Waals surface area contributed by atoms with Gasteiger partial charge in [-0.25, -0.2) is 9.78 Å². The maximum absolute atomic E-state index is 12.6. The monoisotopic (exact) mass is 398 g/mol. The molecule has 3 amide bonds. The van der Waals surface area contributed by atoms with Gasteiger partial charge in [0.2, 0.25) is 5.91 Å². The van der Waals surface area contributed by atoms with Crippen LogP contribution in [0.25, 0.3) is 11.0 Å². The molecule has 4 fully saturated rings. The summed E-state index contributed by atoms with van der Waals surface area (Å²) in [6, 6.07) is 7.42. The van der Waals surface area contributed by atoms with Crippen LogP contribution in [0.4, 0.5) is 4.79 Å². The van der Waals surface area contributed by atoms with E-state index in [1.54, 1.807) is 6.92 Å². The number of imide groups is 1. The minimum absolute atomic E-state index is 0.0891. The van der Waals surface area contributed by atoms with Gasteiger partial charge >= 0.3 is 6.03 Å². The minimum Gasteiger partial charge on any atom is -0.333 e. The van der Waals surface area contributed by atoms with Crippen LogP contribution in [0.5, 0.6) is 0 Å². The number of urea groups is 1. The maximum atomic E-state index is 12.6. The lowest BCUT2D eigenvalue weighted by Crippen LogP contribution is -2.62. The molecule has 0 saturated heterocycles. The number of carbonyl (C=O) groups excluding carboxylic acids is 2. The number of imidazole rings is 1. The lowest BCUT2D eigenvalue weighted by Gasteiger charge is -2.56. The predicted octanol–water partition coefficient (Wildman–Crippen LogP) is 3.84. The van der Waals surface area contributed by atoms with Gasteiger partial charge in [-0.15, -0.1) is 0 Å². The highest BCUT2D eigenvalue weighted by atomic mass is 32.2. The number of benzene rings is 1. The van der Waals surface area contributed by atoms with E-state index in [4.69, 9.17) is 0 Å². The van der Waals surface area contributed by atoms with Gasteiger partial charge < -0.3 is 10.3 Å². The van der Waals surface area contributed by atoms with E-state index in [1.807, 2.05) is 24.3 Å². The number of amides is 3. The lowest BCUT2D eigenvalue weighted by molar-refractivity contribution is -0.119. The first kappa shape index (κ1) is 18.0. The quantitative estimate of drug-likeness (QED) is 0.683. The summed E-state index contributed by atoms with van der Waals surface area (Å²) in [6.07, 6.45) is 7.20. The van der Waals surface area contributed by atoms with Gasteiger partial charge in [-0.3, -0.25) is 10.1 Å². The van der Waals surface area contributed by atoms with Crippen LogP contribution in [-0.2, 0) is 4.79 Å². The van der Waals surface area contributed by atoms with Crippen LogP contribution < -0.4 is 10.6 Å². The normalized spacial score (nSPS) is 31.7. The fraction of sp³-hybridized carbons (Fsp3) is 0.571. The Morgan fingerprint density at radius 1 is 1.14 bits per heavy atom. The fourth-order valence-corrected chi connectivity index (χ4v) is 6.78. The SMILES string of the molecule is C[C@H](Sc1nc2ccccc2[nH]1)C(=O)NC(=O)NC12CC3CC(CC(C3)C1)C2. The van der Waals surface area contributed by atoms with Crippen molar-refractivity contribution in [2.45, 2.75) is 61.4 Å². The molecule has 4 aliphatic rings. The van der Waals surface area contributed by atoms with Crippen LogP contribution in [-0.4, -0.2) is 32.7 Å². The number of aromatic nitrogens is 2. The summed E-state index contributed by atoms with van der Waals surface area (Å²) in [5.74, 6) is 1.98. The van der Waals surface area contributed by atoms with Crippen LogP contribution in [0.15, 0.2) is 29.4 Å². The number of fused-ring (bicyclic) bond motifs is 1. The zero-order chi connectivity index (χ0) is 19.3. The van der Waals surface area contributed by atoms with Crippen molar-refractivity contribution in [2.75, 3.05) is 0 Å². The molecule has 0 radical (unpaired) electrons. The summed E-state index contributed by atoms with van der Waals surface area (Å²) in [5.41, 5.74) is 1.73. The number of H-pyrrole nitrogens is 1. The van der Waals surface area contributed by atoms with Gasteiger partial charge in [0.1, 0.15) is 0 Å². The standard InChI is InChI=1S/C21H26N4O2S/c1-12(28-20-22-16-4-2-3-5-17(16)23-20)18(26)24-19(27)25-21-9-13-6-14(10-21)8-15(7-13)11-21/h2-5,12-15H,6-11H2,1H3,(H,22,23)(H2,24,25,26,27)/t12-,13?,14?,15?,21?/m0/s1. The van der Waals surface area contributed by atoms with Crippen molar-refractivity contribution in [3.05, 3.63) is 24.3 Å². The Morgan fingerprint density at radius 2 is 1.79 bits per heavy atom. The van der Waals surface area contributed by atoms with Gasteiger partial charge in [-0.1, -0.05) is 23.9 Å². The van der Waals surface area contributed by atoms with Gasteiger partial charge in [0.25, 0.3) is 0 Å². The number of rotatable bonds is 4. The lowest BCUT2D eigenvalue weighted by atomic mass is 9.53. The van der Waals surface area contributed by atoms with Crippen molar-refractivity contribution >= 4 is 34.7 Å². The van der Waals surface area contributed by atoms with E-state index in [-0.39, 0.29) is 17.5 Å². The zero-order valence-electron chi connectivity index (χ0n) is 16.0. The number of aromatic amines is 1. The van der Waals surface area contributed by atoms with Crippen LogP contribution in [0.3, 0.4) is 0 Å². The Hall–Kier alpha value is -2.02. The largest absolute Gasteiger partial charge is 0.333 e. The summed E-state index contributed by atoms with van der Waals surface area (Å²) in [6.45, 7) is 1.80. The van der Waals surface area contributed by atoms with Crippen LogP contribution in [0.1, 0.15) is 45.4 Å². The maximum Gasteiger partial charge on any atom is 0.321 e. The molecule has 1 aromatic heterocycles. The van der Waals surface area contributed by atoms with Crippen molar-refractivity contribution < 1.29 is 9.59 Å². The van der Waals surface area contributed by atoms with E-state index in [0.717, 1.165) is 48.0 Å². The summed E-state index contributed by atoms with van der Waals surface area (Å²) in [7, 11) is 0. The predicted molar refractivity (Wildman–Crippen MR) is 109 cm³/mol. The van der Waals surface area contributed by atoms with Crippen molar-refractivity contribution in [1.82, 2.24) is 20.6 Å². The average molecular weight is 399 g/mol. The van der Waals surface area contributed by atoms with E-state index in [2.05, 4.69) is 20.6 Å². The number of para-hydroxylation sites is 2. The number of hydrogen-bond acceptors (Lipinski definition) is 4. The molecule has 1 heterocycles. The molecular weight excluding hydrogens is 372 g/mol. The van der Waals surface area contributed by atoms with E-state index < -0.39 is 5.25 Å². The number of nitrogens with one attached hydrogen (secondary N) is 3. The molecule has 4 saturated carbocycles. The molecule has 2 aromatic rings. The van der Waals surface area contributed by atoms with Gasteiger partial charge in [0, 0.05) is 5.54 Å². The number of carbonyl (C=O) groups is 2. The van der Waals surface area contributed by atoms with Crippen molar-refractivity contribution in [3.8, 4) is 0 Å². The van der Waals surface area contributed by atoms with Crippen molar-refractivity contribution in [1.29, 1.82) is 0 Å². The Kier molecular flexibility index (Phi) is 4.38. The summed E-state index contributed by atoms with van der Waals surface area (Å²) in [4.78, 5) is 32.8. The third-order valence-corrected chi connectivity index (χ3v) is 7.66. The second-order valence-electron chi connectivity index (χ2n) is 8.96. The second kappa shape index (κ2) is 6.79. The molecule has 0 spiro atoms. The summed E-state index contributed by atoms with van der Waals surface area (Å²) in [5, 5.41) is 6.02. The average Bonchev–Trinajstić information content (AvgIpc) is 3.02. The highest BCUT2D eigenvalue weighted by Gasteiger charge is 2.51. The van der Waals surface area contributed by atoms with E-state index in [9.17, 15) is 9.59 Å². The summed E-state index contributed by atoms with van der Waals surface area (Å²) < 4.78 is 0. The minimum atomic E-state index is -0.414. The van der Waals surface area contributed by atoms with Gasteiger partial charge in [-0.2, -0.15) is 0 Å². The van der Waals surface area contributed by atoms with Crippen molar-refractivity contribution in [3.63, 3.8) is 0 Å². The molecule has 0 unspecified atom stereocenters. The highest BCUT2D eigenvalue weighted by Crippen LogP contribution is 2.55. The molecule has 1 aromatic carbocycles. The molecule has 4 aliphatic carbocycles. The Bertz CT molecular complexity index is 856. The van der Waals surface area contributed by atoms with Crippen LogP contribution in [0, 0.1) is 17.8 Å². The van der Waals surface area contributed by atoms with Gasteiger partial charge in [0.05, 0.1) is 16.3 Å². The first-order valence-electron chi connectivity index (χ1n) is 10.2. The first-order valence-corrected chi connectivity index (χ1v) is 11.1. The third-order valence-electron chi connectivity index (χ3n) is 6.68. The fourth-order valence-electron chi connectivity index (χ4n) is 5.96. The molecule has 1 atom stereocenters. The Balaban J connectivity index is 1.18. The smallest absolute Gasteiger partial charge is 0.321 e. The highest BCUT2D eigenvalue weighted by molar-refractivity contribution is 8.00. The summed E-state index contributed by atoms with van der Waals surface area (Å²) >= 11 is 1.33. The van der Waals surface area contributed by atoms with Crippen LogP contribution in [0.2, 0.25) is 0 Å². The Morgan fingerprint density at radius 3 is 2.43 bits per heavy atom. The number of hydrogen-bond donors (Lipinski definition) is 3. The van der Waals surface area contributed by atoms with E-state index in [0.29, 0.717) is 5.16 Å². The first-order chi connectivity index (χ1) is 13.5. The topological polar surface area (TPSA) is 86.9 Å². The molecule has 28 heavy (non-hydrogen) atoms. The number of thioether (sulfide) groups is 1. The van der Waals surface area contributed by atoms with Crippen LogP contribution >= 0.6 is 11.8 Å². The van der Waals surface area contributed by atoms with E-state index in [1.165, 1.54) is 31.0 Å². The molecule has 3 N–H and O–H groups in total. The molecule has 4 bridgehead atoms. The van der Waals surface area contributed by atoms with E-state index >= 15 is 0 Å². The molecular formula is C21H26N4O2S.